The minimum absolute atomic E-state index is 0.0663. The standard InChI is InChI=1S/C24H27F6N3O3/c25-23(26,27)18-11-16(12-19(13-18)24(28,29)30)15-36-22-21(17-5-2-1-3-6-17)33(9-10-35-22)20(14-34)32-8-4-7-31/h1-3,5-6,11-14,20-22,32H,4,7-10,15,31H2. The Labute approximate surface area is 204 Å². The highest BCUT2D eigenvalue weighted by molar-refractivity contribution is 5.57. The van der Waals surface area contributed by atoms with Gasteiger partial charge in [-0.15, -0.1) is 0 Å². The second kappa shape index (κ2) is 12.2. The van der Waals surface area contributed by atoms with E-state index in [1.165, 1.54) is 0 Å². The molecule has 0 spiro atoms. The molecule has 3 atom stereocenters. The Balaban J connectivity index is 1.88. The summed E-state index contributed by atoms with van der Waals surface area (Å²) >= 11 is 0. The van der Waals surface area contributed by atoms with Gasteiger partial charge in [0.05, 0.1) is 30.4 Å². The van der Waals surface area contributed by atoms with E-state index in [2.05, 4.69) is 5.32 Å². The zero-order valence-corrected chi connectivity index (χ0v) is 19.2. The molecule has 0 bridgehead atoms. The number of alkyl halides is 6. The molecule has 0 saturated carbocycles. The highest BCUT2D eigenvalue weighted by Gasteiger charge is 2.39. The second-order valence-corrected chi connectivity index (χ2v) is 8.23. The van der Waals surface area contributed by atoms with Gasteiger partial charge in [-0.1, -0.05) is 30.3 Å². The lowest BCUT2D eigenvalue weighted by atomic mass is 10.0. The molecule has 0 radical (unpaired) electrons. The fraction of sp³-hybridized carbons (Fsp3) is 0.458. The van der Waals surface area contributed by atoms with Gasteiger partial charge in [-0.25, -0.2) is 0 Å². The maximum Gasteiger partial charge on any atom is 0.416 e. The van der Waals surface area contributed by atoms with E-state index in [0.29, 0.717) is 43.8 Å². The van der Waals surface area contributed by atoms with Crippen LogP contribution >= 0.6 is 0 Å². The number of carbonyl (C=O) groups is 1. The van der Waals surface area contributed by atoms with Crippen LogP contribution in [0.4, 0.5) is 26.3 Å². The molecule has 36 heavy (non-hydrogen) atoms. The van der Waals surface area contributed by atoms with Crippen LogP contribution in [-0.4, -0.2) is 49.9 Å². The van der Waals surface area contributed by atoms with Crippen molar-refractivity contribution in [3.8, 4) is 0 Å². The van der Waals surface area contributed by atoms with Gasteiger partial charge in [0.1, 0.15) is 6.17 Å². The van der Waals surface area contributed by atoms with Crippen LogP contribution in [0.3, 0.4) is 0 Å². The van der Waals surface area contributed by atoms with Crippen molar-refractivity contribution in [2.45, 2.75) is 43.9 Å². The summed E-state index contributed by atoms with van der Waals surface area (Å²) in [5.74, 6) is 0. The third-order valence-corrected chi connectivity index (χ3v) is 5.67. The van der Waals surface area contributed by atoms with Gasteiger partial charge in [0, 0.05) is 6.54 Å². The first-order chi connectivity index (χ1) is 17.0. The van der Waals surface area contributed by atoms with E-state index in [0.717, 1.165) is 6.29 Å². The molecule has 12 heteroatoms. The van der Waals surface area contributed by atoms with Crippen molar-refractivity contribution in [1.29, 1.82) is 0 Å². The van der Waals surface area contributed by atoms with E-state index in [-0.39, 0.29) is 18.2 Å². The van der Waals surface area contributed by atoms with Crippen molar-refractivity contribution in [3.05, 3.63) is 70.8 Å². The Hall–Kier alpha value is -2.51. The molecule has 0 aliphatic carbocycles. The van der Waals surface area contributed by atoms with Gasteiger partial charge in [0.2, 0.25) is 0 Å². The molecule has 0 aromatic heterocycles. The van der Waals surface area contributed by atoms with Crippen LogP contribution in [0.2, 0.25) is 0 Å². The SMILES string of the molecule is NCCCNC(C=O)N1CCOC(OCc2cc(C(F)(F)F)cc(C(F)(F)F)c2)C1c1ccccc1. The number of morpholine rings is 1. The van der Waals surface area contributed by atoms with Crippen LogP contribution in [0, 0.1) is 0 Å². The fourth-order valence-corrected chi connectivity index (χ4v) is 3.99. The molecule has 1 aliphatic rings. The molecule has 1 saturated heterocycles. The Kier molecular flexibility index (Phi) is 9.47. The van der Waals surface area contributed by atoms with Crippen LogP contribution in [0.15, 0.2) is 48.5 Å². The average molecular weight is 519 g/mol. The molecule has 1 fully saturated rings. The largest absolute Gasteiger partial charge is 0.416 e. The summed E-state index contributed by atoms with van der Waals surface area (Å²) in [7, 11) is 0. The van der Waals surface area contributed by atoms with Gasteiger partial charge in [-0.3, -0.25) is 10.2 Å². The van der Waals surface area contributed by atoms with Crippen molar-refractivity contribution in [3.63, 3.8) is 0 Å². The molecule has 2 aromatic carbocycles. The first-order valence-electron chi connectivity index (χ1n) is 11.3. The van der Waals surface area contributed by atoms with E-state index in [4.69, 9.17) is 15.2 Å². The molecule has 3 rings (SSSR count). The summed E-state index contributed by atoms with van der Waals surface area (Å²) < 4.78 is 90.9. The smallest absolute Gasteiger partial charge is 0.349 e. The van der Waals surface area contributed by atoms with Crippen molar-refractivity contribution in [2.24, 2.45) is 5.73 Å². The number of nitrogens with zero attached hydrogens (tertiary/aromatic N) is 1. The summed E-state index contributed by atoms with van der Waals surface area (Å²) in [5.41, 5.74) is 3.07. The molecule has 6 nitrogen and oxygen atoms in total. The van der Waals surface area contributed by atoms with Crippen molar-refractivity contribution in [2.75, 3.05) is 26.2 Å². The molecular weight excluding hydrogens is 492 g/mol. The number of rotatable bonds is 10. The van der Waals surface area contributed by atoms with Crippen molar-refractivity contribution < 1.29 is 40.6 Å². The quantitative estimate of drug-likeness (QED) is 0.280. The molecule has 1 heterocycles. The van der Waals surface area contributed by atoms with E-state index >= 15 is 0 Å². The molecule has 1 aliphatic heterocycles. The summed E-state index contributed by atoms with van der Waals surface area (Å²) in [6.45, 7) is 0.788. The Bertz CT molecular complexity index is 955. The van der Waals surface area contributed by atoms with Crippen molar-refractivity contribution in [1.82, 2.24) is 10.2 Å². The highest BCUT2D eigenvalue weighted by Crippen LogP contribution is 2.37. The maximum atomic E-state index is 13.2. The normalized spacial score (nSPS) is 20.3. The van der Waals surface area contributed by atoms with Gasteiger partial charge in [-0.2, -0.15) is 26.3 Å². The summed E-state index contributed by atoms with van der Waals surface area (Å²) in [6.07, 6.45) is -10.4. The predicted molar refractivity (Wildman–Crippen MR) is 118 cm³/mol. The summed E-state index contributed by atoms with van der Waals surface area (Å²) in [5, 5.41) is 3.10. The van der Waals surface area contributed by atoms with Gasteiger partial charge < -0.3 is 20.0 Å². The van der Waals surface area contributed by atoms with E-state index in [1.807, 2.05) is 0 Å². The topological polar surface area (TPSA) is 76.8 Å². The van der Waals surface area contributed by atoms with E-state index in [9.17, 15) is 31.1 Å². The van der Waals surface area contributed by atoms with Crippen LogP contribution in [0.25, 0.3) is 0 Å². The Morgan fingerprint density at radius 1 is 1.08 bits per heavy atom. The van der Waals surface area contributed by atoms with Crippen LogP contribution in [-0.2, 0) is 33.2 Å². The molecule has 3 unspecified atom stereocenters. The van der Waals surface area contributed by atoms with Crippen LogP contribution < -0.4 is 11.1 Å². The first kappa shape index (κ1) is 28.1. The summed E-state index contributed by atoms with van der Waals surface area (Å²) in [4.78, 5) is 13.7. The van der Waals surface area contributed by atoms with E-state index < -0.39 is 48.6 Å². The fourth-order valence-electron chi connectivity index (χ4n) is 3.99. The predicted octanol–water partition coefficient (Wildman–Crippen LogP) is 4.10. The molecule has 2 aromatic rings. The third-order valence-electron chi connectivity index (χ3n) is 5.67. The Morgan fingerprint density at radius 3 is 2.28 bits per heavy atom. The third kappa shape index (κ3) is 7.26. The second-order valence-electron chi connectivity index (χ2n) is 8.23. The lowest BCUT2D eigenvalue weighted by molar-refractivity contribution is -0.222. The number of halogens is 6. The van der Waals surface area contributed by atoms with Gasteiger partial charge in [0.15, 0.2) is 12.6 Å². The monoisotopic (exact) mass is 519 g/mol. The van der Waals surface area contributed by atoms with Gasteiger partial charge in [0.25, 0.3) is 0 Å². The zero-order chi connectivity index (χ0) is 26.3. The number of ether oxygens (including phenoxy) is 2. The Morgan fingerprint density at radius 2 is 1.72 bits per heavy atom. The van der Waals surface area contributed by atoms with Gasteiger partial charge in [-0.05, 0) is 48.8 Å². The minimum atomic E-state index is -4.97. The average Bonchev–Trinajstić information content (AvgIpc) is 2.84. The number of hydrogen-bond acceptors (Lipinski definition) is 6. The number of benzene rings is 2. The zero-order valence-electron chi connectivity index (χ0n) is 19.2. The number of aldehydes is 1. The van der Waals surface area contributed by atoms with E-state index in [1.54, 1.807) is 35.2 Å². The molecule has 0 amide bonds. The lowest BCUT2D eigenvalue weighted by Gasteiger charge is -2.43. The first-order valence-corrected chi connectivity index (χ1v) is 11.3. The van der Waals surface area contributed by atoms with Crippen LogP contribution in [0.1, 0.15) is 34.7 Å². The maximum absolute atomic E-state index is 13.2. The van der Waals surface area contributed by atoms with Crippen LogP contribution in [0.5, 0.6) is 0 Å². The van der Waals surface area contributed by atoms with Crippen molar-refractivity contribution >= 4 is 6.29 Å². The van der Waals surface area contributed by atoms with Gasteiger partial charge >= 0.3 is 12.4 Å². The molecule has 3 N–H and O–H groups in total. The lowest BCUT2D eigenvalue weighted by Crippen LogP contribution is -2.56. The molecule has 198 valence electrons. The highest BCUT2D eigenvalue weighted by atomic mass is 19.4. The molecular formula is C24H27F6N3O3. The number of nitrogens with two attached hydrogens (primary N) is 1. The number of nitrogens with one attached hydrogen (secondary N) is 1. The number of carbonyl (C=O) groups excluding carboxylic acids is 1. The summed E-state index contributed by atoms with van der Waals surface area (Å²) in [6, 6.07) is 9.51. The minimum Gasteiger partial charge on any atom is -0.349 e. The number of hydrogen-bond donors (Lipinski definition) is 2.